The Morgan fingerprint density at radius 1 is 1.60 bits per heavy atom. The Morgan fingerprint density at radius 3 is 2.73 bits per heavy atom. The van der Waals surface area contributed by atoms with E-state index in [0.717, 1.165) is 6.42 Å². The fraction of sp³-hybridized carbons (Fsp3) is 0.818. The van der Waals surface area contributed by atoms with Gasteiger partial charge in [0.05, 0.1) is 6.54 Å². The van der Waals surface area contributed by atoms with Gasteiger partial charge in [-0.25, -0.2) is 0 Å². The predicted octanol–water partition coefficient (Wildman–Crippen LogP) is 1.49. The van der Waals surface area contributed by atoms with Crippen LogP contribution in [0.25, 0.3) is 0 Å². The minimum absolute atomic E-state index is 0.237. The monoisotopic (exact) mass is 212 g/mol. The summed E-state index contributed by atoms with van der Waals surface area (Å²) >= 11 is 0. The van der Waals surface area contributed by atoms with Gasteiger partial charge in [0.15, 0.2) is 5.90 Å². The summed E-state index contributed by atoms with van der Waals surface area (Å²) in [5.41, 5.74) is -0.315. The second-order valence-corrected chi connectivity index (χ2v) is 5.00. The molecule has 1 aliphatic carbocycles. The van der Waals surface area contributed by atoms with Crippen molar-refractivity contribution in [3.63, 3.8) is 0 Å². The molecule has 0 heterocycles. The number of nitrogens with one attached hydrogen (secondary N) is 2. The van der Waals surface area contributed by atoms with Crippen LogP contribution < -0.4 is 5.32 Å². The zero-order valence-corrected chi connectivity index (χ0v) is 9.72. The first-order valence-corrected chi connectivity index (χ1v) is 5.38. The maximum atomic E-state index is 11.0. The molecule has 0 aromatic carbocycles. The number of ether oxygens (including phenoxy) is 1. The van der Waals surface area contributed by atoms with Gasteiger partial charge in [-0.15, -0.1) is 0 Å². The second-order valence-electron chi connectivity index (χ2n) is 5.00. The van der Waals surface area contributed by atoms with Gasteiger partial charge in [0.25, 0.3) is 0 Å². The molecule has 1 fully saturated rings. The Balaban J connectivity index is 2.20. The minimum Gasteiger partial charge on any atom is -0.474 e. The van der Waals surface area contributed by atoms with Crippen LogP contribution >= 0.6 is 0 Å². The van der Waals surface area contributed by atoms with Crippen molar-refractivity contribution in [3.05, 3.63) is 0 Å². The lowest BCUT2D eigenvalue weighted by atomic mass is 10.2. The molecule has 4 heteroatoms. The molecule has 1 atom stereocenters. The van der Waals surface area contributed by atoms with Gasteiger partial charge in [0, 0.05) is 18.9 Å². The number of hydrogen-bond donors (Lipinski definition) is 2. The van der Waals surface area contributed by atoms with E-state index in [-0.39, 0.29) is 17.5 Å². The van der Waals surface area contributed by atoms with Crippen molar-refractivity contribution >= 4 is 11.7 Å². The van der Waals surface area contributed by atoms with E-state index in [1.54, 1.807) is 0 Å². The molecule has 86 valence electrons. The summed E-state index contributed by atoms with van der Waals surface area (Å²) in [5, 5.41) is 10.8. The lowest BCUT2D eigenvalue weighted by molar-refractivity contribution is -0.117. The molecule has 0 spiro atoms. The van der Waals surface area contributed by atoms with E-state index in [0.29, 0.717) is 25.2 Å². The molecule has 0 radical (unpaired) electrons. The Bertz CT molecular complexity index is 256. The van der Waals surface area contributed by atoms with Crippen molar-refractivity contribution in [2.24, 2.45) is 0 Å². The molecular formula is C11H20N2O2. The second kappa shape index (κ2) is 4.75. The van der Waals surface area contributed by atoms with Crippen LogP contribution in [0.2, 0.25) is 0 Å². The highest BCUT2D eigenvalue weighted by atomic mass is 16.5. The molecular weight excluding hydrogens is 192 g/mol. The first-order chi connectivity index (χ1) is 6.87. The molecule has 0 aliphatic heterocycles. The van der Waals surface area contributed by atoms with Crippen LogP contribution in [0.4, 0.5) is 0 Å². The number of hydrogen-bond acceptors (Lipinski definition) is 4. The van der Waals surface area contributed by atoms with Gasteiger partial charge in [-0.2, -0.15) is 0 Å². The molecule has 0 bridgehead atoms. The summed E-state index contributed by atoms with van der Waals surface area (Å²) in [7, 11) is 0. The first-order valence-electron chi connectivity index (χ1n) is 5.38. The summed E-state index contributed by atoms with van der Waals surface area (Å²) in [4.78, 5) is 11.0. The van der Waals surface area contributed by atoms with Crippen LogP contribution in [-0.2, 0) is 9.53 Å². The van der Waals surface area contributed by atoms with E-state index in [2.05, 4.69) is 5.32 Å². The van der Waals surface area contributed by atoms with Crippen molar-refractivity contribution in [1.82, 2.24) is 5.32 Å². The van der Waals surface area contributed by atoms with E-state index in [1.807, 2.05) is 20.8 Å². The molecule has 0 aromatic rings. The van der Waals surface area contributed by atoms with E-state index < -0.39 is 0 Å². The van der Waals surface area contributed by atoms with Gasteiger partial charge in [-0.05, 0) is 27.2 Å². The fourth-order valence-electron chi connectivity index (χ4n) is 1.63. The Morgan fingerprint density at radius 2 is 2.27 bits per heavy atom. The minimum atomic E-state index is -0.315. The SMILES string of the molecule is CC(C)(C)OC(=N)CNC1CCC(=O)C1. The van der Waals surface area contributed by atoms with Crippen LogP contribution in [0.15, 0.2) is 0 Å². The molecule has 1 rings (SSSR count). The van der Waals surface area contributed by atoms with Gasteiger partial charge >= 0.3 is 0 Å². The fourth-order valence-corrected chi connectivity index (χ4v) is 1.63. The maximum Gasteiger partial charge on any atom is 0.195 e. The highest BCUT2D eigenvalue weighted by Gasteiger charge is 2.22. The highest BCUT2D eigenvalue weighted by molar-refractivity contribution is 5.81. The Kier molecular flexibility index (Phi) is 3.85. The van der Waals surface area contributed by atoms with Gasteiger partial charge in [-0.1, -0.05) is 0 Å². The topological polar surface area (TPSA) is 62.2 Å². The largest absolute Gasteiger partial charge is 0.474 e. The first kappa shape index (κ1) is 12.2. The Hall–Kier alpha value is -0.900. The van der Waals surface area contributed by atoms with E-state index in [1.165, 1.54) is 0 Å². The normalized spacial score (nSPS) is 21.8. The third-order valence-corrected chi connectivity index (χ3v) is 2.23. The van der Waals surface area contributed by atoms with Crippen molar-refractivity contribution in [2.75, 3.05) is 6.54 Å². The van der Waals surface area contributed by atoms with Gasteiger partial charge in [0.2, 0.25) is 0 Å². The zero-order valence-electron chi connectivity index (χ0n) is 9.72. The molecule has 1 aliphatic rings. The lowest BCUT2D eigenvalue weighted by Crippen LogP contribution is -2.35. The highest BCUT2D eigenvalue weighted by Crippen LogP contribution is 2.14. The summed E-state index contributed by atoms with van der Waals surface area (Å²) in [5.74, 6) is 0.553. The summed E-state index contributed by atoms with van der Waals surface area (Å²) in [6.07, 6.45) is 2.16. The van der Waals surface area contributed by atoms with Crippen molar-refractivity contribution in [2.45, 2.75) is 51.7 Å². The smallest absolute Gasteiger partial charge is 0.195 e. The van der Waals surface area contributed by atoms with E-state index in [9.17, 15) is 4.79 Å². The summed E-state index contributed by atoms with van der Waals surface area (Å²) in [6.45, 7) is 6.16. The van der Waals surface area contributed by atoms with Gasteiger partial charge in [0.1, 0.15) is 11.4 Å². The Labute approximate surface area is 90.9 Å². The van der Waals surface area contributed by atoms with E-state index >= 15 is 0 Å². The molecule has 15 heavy (non-hydrogen) atoms. The predicted molar refractivity (Wildman–Crippen MR) is 59.2 cm³/mol. The van der Waals surface area contributed by atoms with Crippen molar-refractivity contribution in [1.29, 1.82) is 5.41 Å². The van der Waals surface area contributed by atoms with Crippen LogP contribution in [0.5, 0.6) is 0 Å². The van der Waals surface area contributed by atoms with Crippen molar-refractivity contribution in [3.8, 4) is 0 Å². The van der Waals surface area contributed by atoms with Crippen LogP contribution in [-0.4, -0.2) is 29.9 Å². The van der Waals surface area contributed by atoms with Gasteiger partial charge < -0.3 is 10.1 Å². The quantitative estimate of drug-likeness (QED) is 0.550. The summed E-state index contributed by atoms with van der Waals surface area (Å²) in [6, 6.07) is 0.237. The average molecular weight is 212 g/mol. The zero-order chi connectivity index (χ0) is 11.5. The van der Waals surface area contributed by atoms with E-state index in [4.69, 9.17) is 10.1 Å². The van der Waals surface area contributed by atoms with Gasteiger partial charge in [-0.3, -0.25) is 10.2 Å². The number of Topliss-reactive ketones (excluding diaryl/α,β-unsaturated/α-hetero) is 1. The molecule has 4 nitrogen and oxygen atoms in total. The summed E-state index contributed by atoms with van der Waals surface area (Å²) < 4.78 is 5.36. The maximum absolute atomic E-state index is 11.0. The lowest BCUT2D eigenvalue weighted by Gasteiger charge is -2.22. The van der Waals surface area contributed by atoms with Crippen LogP contribution in [0.1, 0.15) is 40.0 Å². The molecule has 0 aromatic heterocycles. The standard InChI is InChI=1S/C11H20N2O2/c1-11(2,3)15-10(12)7-13-8-4-5-9(14)6-8/h8,12-13H,4-7H2,1-3H3. The molecule has 2 N–H and O–H groups in total. The third-order valence-electron chi connectivity index (χ3n) is 2.23. The van der Waals surface area contributed by atoms with Crippen LogP contribution in [0.3, 0.4) is 0 Å². The van der Waals surface area contributed by atoms with Crippen molar-refractivity contribution < 1.29 is 9.53 Å². The molecule has 1 unspecified atom stereocenters. The number of carbonyl (C=O) groups excluding carboxylic acids is 1. The number of rotatable bonds is 3. The number of ketones is 1. The molecule has 0 amide bonds. The average Bonchev–Trinajstić information content (AvgIpc) is 2.45. The molecule has 0 saturated heterocycles. The molecule has 1 saturated carbocycles. The number of carbonyl (C=O) groups is 1. The third kappa shape index (κ3) is 4.93. The van der Waals surface area contributed by atoms with Crippen LogP contribution in [0, 0.1) is 5.41 Å².